The van der Waals surface area contributed by atoms with Crippen LogP contribution < -0.4 is 5.73 Å². The molecule has 0 aliphatic heterocycles. The summed E-state index contributed by atoms with van der Waals surface area (Å²) in [5, 5.41) is 0.767. The molecule has 0 radical (unpaired) electrons. The van der Waals surface area contributed by atoms with Gasteiger partial charge in [-0.2, -0.15) is 0 Å². The average Bonchev–Trinajstić information content (AvgIpc) is 3.27. The largest absolute Gasteiger partial charge is 0.398 e. The average molecular weight is 287 g/mol. The van der Waals surface area contributed by atoms with E-state index in [4.69, 9.17) is 17.3 Å². The zero-order valence-corrected chi connectivity index (χ0v) is 12.2. The molecule has 2 aromatic rings. The molecule has 2 aromatic carbocycles. The molecule has 1 saturated carbocycles. The van der Waals surface area contributed by atoms with Crippen LogP contribution in [0.15, 0.2) is 48.5 Å². The molecule has 0 saturated heterocycles. The van der Waals surface area contributed by atoms with Gasteiger partial charge in [0.2, 0.25) is 0 Å². The van der Waals surface area contributed by atoms with Crippen LogP contribution in [0.3, 0.4) is 0 Å². The molecule has 0 aromatic heterocycles. The highest BCUT2D eigenvalue weighted by Gasteiger charge is 2.29. The van der Waals surface area contributed by atoms with Crippen LogP contribution in [-0.2, 0) is 13.1 Å². The zero-order chi connectivity index (χ0) is 13.9. The molecule has 3 heteroatoms. The quantitative estimate of drug-likeness (QED) is 0.839. The minimum Gasteiger partial charge on any atom is -0.398 e. The van der Waals surface area contributed by atoms with Crippen molar-refractivity contribution < 1.29 is 0 Å². The summed E-state index contributed by atoms with van der Waals surface area (Å²) in [6, 6.07) is 17.0. The van der Waals surface area contributed by atoms with Crippen molar-refractivity contribution in [2.45, 2.75) is 32.0 Å². The molecule has 1 aliphatic rings. The summed E-state index contributed by atoms with van der Waals surface area (Å²) in [6.07, 6.45) is 2.55. The first-order valence-corrected chi connectivity index (χ1v) is 7.42. The smallest absolute Gasteiger partial charge is 0.0471 e. The molecule has 20 heavy (non-hydrogen) atoms. The first kappa shape index (κ1) is 13.5. The third kappa shape index (κ3) is 3.14. The topological polar surface area (TPSA) is 29.3 Å². The van der Waals surface area contributed by atoms with Crippen molar-refractivity contribution in [3.63, 3.8) is 0 Å². The molecule has 104 valence electrons. The standard InChI is InChI=1S/C17H19ClN2/c18-16-7-4-8-17(19)15(16)12-20(14-9-10-14)11-13-5-2-1-3-6-13/h1-8,14H,9-12,19H2. The minimum atomic E-state index is 0.672. The van der Waals surface area contributed by atoms with Gasteiger partial charge in [-0.1, -0.05) is 48.0 Å². The van der Waals surface area contributed by atoms with Crippen molar-refractivity contribution in [1.82, 2.24) is 4.90 Å². The summed E-state index contributed by atoms with van der Waals surface area (Å²) in [6.45, 7) is 1.78. The summed E-state index contributed by atoms with van der Waals surface area (Å²) in [5.41, 5.74) is 9.25. The van der Waals surface area contributed by atoms with Crippen molar-refractivity contribution >= 4 is 17.3 Å². The van der Waals surface area contributed by atoms with Crippen molar-refractivity contribution in [3.8, 4) is 0 Å². The van der Waals surface area contributed by atoms with Gasteiger partial charge in [0.1, 0.15) is 0 Å². The predicted octanol–water partition coefficient (Wildman–Crippen LogP) is 4.09. The van der Waals surface area contributed by atoms with Gasteiger partial charge in [-0.05, 0) is 30.5 Å². The van der Waals surface area contributed by atoms with Crippen LogP contribution in [0.2, 0.25) is 5.02 Å². The molecule has 0 bridgehead atoms. The van der Waals surface area contributed by atoms with E-state index in [1.54, 1.807) is 0 Å². The first-order chi connectivity index (χ1) is 9.74. The van der Waals surface area contributed by atoms with E-state index >= 15 is 0 Å². The maximum absolute atomic E-state index is 6.30. The van der Waals surface area contributed by atoms with Crippen molar-refractivity contribution in [2.75, 3.05) is 5.73 Å². The van der Waals surface area contributed by atoms with Gasteiger partial charge in [0.05, 0.1) is 0 Å². The number of hydrogen-bond acceptors (Lipinski definition) is 2. The number of anilines is 1. The number of benzene rings is 2. The molecule has 1 aliphatic carbocycles. The Kier molecular flexibility index (Phi) is 3.95. The second kappa shape index (κ2) is 5.86. The molecule has 2 N–H and O–H groups in total. The van der Waals surface area contributed by atoms with Crippen LogP contribution in [0, 0.1) is 0 Å². The minimum absolute atomic E-state index is 0.672. The summed E-state index contributed by atoms with van der Waals surface area (Å²) in [4.78, 5) is 2.48. The Bertz CT molecular complexity index is 559. The zero-order valence-electron chi connectivity index (χ0n) is 11.4. The third-order valence-corrected chi connectivity index (χ3v) is 4.16. The van der Waals surface area contributed by atoms with Gasteiger partial charge in [0, 0.05) is 35.4 Å². The molecular weight excluding hydrogens is 268 g/mol. The van der Waals surface area contributed by atoms with Crippen LogP contribution in [0.25, 0.3) is 0 Å². The van der Waals surface area contributed by atoms with Crippen molar-refractivity contribution in [2.24, 2.45) is 0 Å². The Balaban J connectivity index is 1.78. The molecule has 2 nitrogen and oxygen atoms in total. The fourth-order valence-electron chi connectivity index (χ4n) is 2.52. The highest BCUT2D eigenvalue weighted by atomic mass is 35.5. The molecule has 0 atom stereocenters. The number of nitrogens with two attached hydrogens (primary N) is 1. The molecular formula is C17H19ClN2. The molecule has 1 fully saturated rings. The lowest BCUT2D eigenvalue weighted by Crippen LogP contribution is -2.25. The lowest BCUT2D eigenvalue weighted by Gasteiger charge is -2.23. The molecule has 3 rings (SSSR count). The van der Waals surface area contributed by atoms with E-state index in [1.807, 2.05) is 18.2 Å². The van der Waals surface area contributed by atoms with Crippen molar-refractivity contribution in [1.29, 1.82) is 0 Å². The Morgan fingerprint density at radius 2 is 1.75 bits per heavy atom. The normalized spacial score (nSPS) is 14.7. The lowest BCUT2D eigenvalue weighted by molar-refractivity contribution is 0.246. The highest BCUT2D eigenvalue weighted by molar-refractivity contribution is 6.31. The number of rotatable bonds is 5. The van der Waals surface area contributed by atoms with E-state index in [9.17, 15) is 0 Å². The van der Waals surface area contributed by atoms with E-state index in [0.29, 0.717) is 6.04 Å². The van der Waals surface area contributed by atoms with E-state index in [-0.39, 0.29) is 0 Å². The first-order valence-electron chi connectivity index (χ1n) is 7.05. The summed E-state index contributed by atoms with van der Waals surface area (Å²) in [7, 11) is 0. The number of hydrogen-bond donors (Lipinski definition) is 1. The molecule has 0 amide bonds. The Morgan fingerprint density at radius 1 is 1.00 bits per heavy atom. The Morgan fingerprint density at radius 3 is 2.40 bits per heavy atom. The molecule has 0 unspecified atom stereocenters. The van der Waals surface area contributed by atoms with Gasteiger partial charge in [-0.3, -0.25) is 4.90 Å². The second-order valence-electron chi connectivity index (χ2n) is 5.43. The van der Waals surface area contributed by atoms with Gasteiger partial charge in [0.25, 0.3) is 0 Å². The molecule has 0 heterocycles. The van der Waals surface area contributed by atoms with Crippen LogP contribution in [0.5, 0.6) is 0 Å². The van der Waals surface area contributed by atoms with Crippen LogP contribution >= 0.6 is 11.6 Å². The van der Waals surface area contributed by atoms with Gasteiger partial charge < -0.3 is 5.73 Å². The Labute approximate surface area is 125 Å². The van der Waals surface area contributed by atoms with E-state index in [0.717, 1.165) is 29.4 Å². The lowest BCUT2D eigenvalue weighted by atomic mass is 10.1. The van der Waals surface area contributed by atoms with E-state index in [2.05, 4.69) is 35.2 Å². The monoisotopic (exact) mass is 286 g/mol. The maximum Gasteiger partial charge on any atom is 0.0471 e. The van der Waals surface area contributed by atoms with Gasteiger partial charge >= 0.3 is 0 Å². The third-order valence-electron chi connectivity index (χ3n) is 3.81. The van der Waals surface area contributed by atoms with Crippen LogP contribution in [-0.4, -0.2) is 10.9 Å². The predicted molar refractivity (Wildman–Crippen MR) is 84.6 cm³/mol. The second-order valence-corrected chi connectivity index (χ2v) is 5.84. The van der Waals surface area contributed by atoms with Gasteiger partial charge in [-0.25, -0.2) is 0 Å². The number of nitrogens with zero attached hydrogens (tertiary/aromatic N) is 1. The van der Waals surface area contributed by atoms with Gasteiger partial charge in [0.15, 0.2) is 0 Å². The van der Waals surface area contributed by atoms with Crippen LogP contribution in [0.4, 0.5) is 5.69 Å². The maximum atomic E-state index is 6.30. The summed E-state index contributed by atoms with van der Waals surface area (Å²) < 4.78 is 0. The van der Waals surface area contributed by atoms with Gasteiger partial charge in [-0.15, -0.1) is 0 Å². The number of halogens is 1. The number of nitrogen functional groups attached to an aromatic ring is 1. The molecule has 0 spiro atoms. The van der Waals surface area contributed by atoms with E-state index < -0.39 is 0 Å². The fraction of sp³-hybridized carbons (Fsp3) is 0.294. The fourth-order valence-corrected chi connectivity index (χ4v) is 2.76. The highest BCUT2D eigenvalue weighted by Crippen LogP contribution is 2.32. The SMILES string of the molecule is Nc1cccc(Cl)c1CN(Cc1ccccc1)C1CC1. The van der Waals surface area contributed by atoms with Crippen molar-refractivity contribution in [3.05, 3.63) is 64.7 Å². The summed E-state index contributed by atoms with van der Waals surface area (Å²) >= 11 is 6.30. The Hall–Kier alpha value is -1.51. The summed E-state index contributed by atoms with van der Waals surface area (Å²) in [5.74, 6) is 0. The van der Waals surface area contributed by atoms with E-state index in [1.165, 1.54) is 18.4 Å². The van der Waals surface area contributed by atoms with Crippen LogP contribution in [0.1, 0.15) is 24.0 Å².